The highest BCUT2D eigenvalue weighted by atomic mass is 31.2. The number of hydrogen-bond donors (Lipinski definition) is 6. The average Bonchev–Trinajstić information content (AvgIpc) is 3.72. The number of ether oxygens (including phenoxy) is 2. The molecule has 242 valence electrons. The topological polar surface area (TPSA) is 309 Å². The van der Waals surface area contributed by atoms with Crippen molar-refractivity contribution in [3.63, 3.8) is 0 Å². The number of nitrogens with one attached hydrogen (secondary N) is 1. The number of nitrogens with zero attached hydrogens (tertiary/aromatic N) is 7. The Balaban J connectivity index is 1.21. The van der Waals surface area contributed by atoms with Gasteiger partial charge in [0.1, 0.15) is 36.3 Å². The number of aliphatic hydroxyl groups excluding tert-OH is 1. The molecule has 7 rings (SSSR count). The molecule has 0 spiro atoms. The van der Waals surface area contributed by atoms with Crippen molar-refractivity contribution in [1.82, 2.24) is 39.0 Å². The van der Waals surface area contributed by atoms with E-state index < -0.39 is 76.9 Å². The van der Waals surface area contributed by atoms with Gasteiger partial charge < -0.3 is 35.8 Å². The maximum atomic E-state index is 13.4. The molecule has 2 unspecified atom stereocenters. The van der Waals surface area contributed by atoms with Crippen LogP contribution in [0.5, 0.6) is 0 Å². The molecule has 4 aromatic heterocycles. The molecule has 3 aliphatic heterocycles. The van der Waals surface area contributed by atoms with Crippen molar-refractivity contribution in [1.29, 1.82) is 0 Å². The summed E-state index contributed by atoms with van der Waals surface area (Å²) in [5.41, 5.74) is 11.2. The number of H-pyrrole nitrogens is 1. The number of aromatic nitrogens is 8. The SMILES string of the molecule is C[C@@H]1OP(=O)(O)O[C@@H]2C[C@@H](COP(=O)(O)O[C@H]3[C@@H](O)[C@H](n4cnc5c(N)ncnc54)O[C@H]31)O[C@H]2n1cnc2c(=O)[nH]c(N)nc21. The number of nitrogens with two attached hydrogens (primary N) is 2. The highest BCUT2D eigenvalue weighted by Crippen LogP contribution is 2.55. The Morgan fingerprint density at radius 1 is 0.933 bits per heavy atom. The summed E-state index contributed by atoms with van der Waals surface area (Å²) >= 11 is 0. The van der Waals surface area contributed by atoms with Gasteiger partial charge in [-0.25, -0.2) is 29.1 Å². The molecule has 22 nitrogen and oxygen atoms in total. The Kier molecular flexibility index (Phi) is 7.30. The van der Waals surface area contributed by atoms with Gasteiger partial charge >= 0.3 is 15.6 Å². The summed E-state index contributed by atoms with van der Waals surface area (Å²) in [5, 5.41) is 11.2. The maximum Gasteiger partial charge on any atom is 0.472 e. The van der Waals surface area contributed by atoms with E-state index in [2.05, 4.69) is 29.9 Å². The van der Waals surface area contributed by atoms with Crippen LogP contribution in [0.3, 0.4) is 0 Å². The van der Waals surface area contributed by atoms with Crippen LogP contribution in [0.4, 0.5) is 11.8 Å². The van der Waals surface area contributed by atoms with Crippen LogP contribution in [-0.2, 0) is 36.7 Å². The first-order valence-corrected chi connectivity index (χ1v) is 16.3. The van der Waals surface area contributed by atoms with Gasteiger partial charge in [-0.15, -0.1) is 0 Å². The van der Waals surface area contributed by atoms with Crippen molar-refractivity contribution in [2.24, 2.45) is 0 Å². The number of nitrogen functional groups attached to an aromatic ring is 2. The Morgan fingerprint density at radius 2 is 1.67 bits per heavy atom. The molecular weight excluding hydrogens is 646 g/mol. The predicted molar refractivity (Wildman–Crippen MR) is 147 cm³/mol. The molecule has 4 aromatic rings. The third kappa shape index (κ3) is 5.42. The lowest BCUT2D eigenvalue weighted by Gasteiger charge is -2.29. The fraction of sp³-hybridized carbons (Fsp3) is 0.524. The van der Waals surface area contributed by atoms with Gasteiger partial charge in [0, 0.05) is 6.42 Å². The molecule has 0 amide bonds. The fourth-order valence-corrected chi connectivity index (χ4v) is 7.67. The van der Waals surface area contributed by atoms with Crippen molar-refractivity contribution in [2.75, 3.05) is 18.1 Å². The lowest BCUT2D eigenvalue weighted by molar-refractivity contribution is -0.0870. The molecule has 3 fully saturated rings. The third-order valence-corrected chi connectivity index (χ3v) is 9.61. The Hall–Kier alpha value is -3.40. The van der Waals surface area contributed by atoms with Crippen LogP contribution < -0.4 is 17.0 Å². The van der Waals surface area contributed by atoms with E-state index in [0.29, 0.717) is 0 Å². The van der Waals surface area contributed by atoms with Crippen LogP contribution in [0.15, 0.2) is 23.8 Å². The van der Waals surface area contributed by atoms with Crippen molar-refractivity contribution in [2.45, 2.75) is 62.4 Å². The molecule has 0 aliphatic carbocycles. The number of phosphoric acid groups is 2. The molecule has 45 heavy (non-hydrogen) atoms. The first kappa shape index (κ1) is 30.3. The van der Waals surface area contributed by atoms with E-state index in [1.54, 1.807) is 0 Å². The van der Waals surface area contributed by atoms with E-state index in [4.69, 9.17) is 39.0 Å². The summed E-state index contributed by atoms with van der Waals surface area (Å²) in [5.74, 6) is -0.167. The lowest BCUT2D eigenvalue weighted by Crippen LogP contribution is -2.40. The number of rotatable bonds is 2. The van der Waals surface area contributed by atoms with Gasteiger partial charge in [0.25, 0.3) is 5.56 Å². The monoisotopic (exact) mass is 672 g/mol. The Labute approximate surface area is 250 Å². The van der Waals surface area contributed by atoms with Gasteiger partial charge in [-0.1, -0.05) is 0 Å². The Morgan fingerprint density at radius 3 is 2.44 bits per heavy atom. The summed E-state index contributed by atoms with van der Waals surface area (Å²) in [6.07, 6.45) is -7.47. The summed E-state index contributed by atoms with van der Waals surface area (Å²) < 4.78 is 62.5. The number of phosphoric ester groups is 2. The maximum absolute atomic E-state index is 13.4. The lowest BCUT2D eigenvalue weighted by atomic mass is 10.1. The van der Waals surface area contributed by atoms with Gasteiger partial charge in [-0.2, -0.15) is 4.98 Å². The summed E-state index contributed by atoms with van der Waals surface area (Å²) in [6, 6.07) is 0. The minimum Gasteiger partial charge on any atom is -0.386 e. The minimum atomic E-state index is -4.97. The fourth-order valence-electron chi connectivity index (χ4n) is 5.58. The second kappa shape index (κ2) is 10.9. The number of hydrogen-bond acceptors (Lipinski definition) is 17. The normalized spacial score (nSPS) is 37.7. The largest absolute Gasteiger partial charge is 0.472 e. The minimum absolute atomic E-state index is 0.0166. The van der Waals surface area contributed by atoms with E-state index in [-0.39, 0.29) is 40.5 Å². The van der Waals surface area contributed by atoms with Gasteiger partial charge in [0.2, 0.25) is 5.95 Å². The molecule has 3 saturated heterocycles. The molecular formula is C21H26N10O12P2. The molecule has 2 bridgehead atoms. The van der Waals surface area contributed by atoms with Gasteiger partial charge in [0.05, 0.1) is 31.5 Å². The summed E-state index contributed by atoms with van der Waals surface area (Å²) in [6.45, 7) is 0.754. The van der Waals surface area contributed by atoms with Crippen LogP contribution >= 0.6 is 15.6 Å². The Bertz CT molecular complexity index is 1940. The van der Waals surface area contributed by atoms with Crippen LogP contribution in [0.25, 0.3) is 22.3 Å². The van der Waals surface area contributed by atoms with E-state index in [9.17, 15) is 28.8 Å². The van der Waals surface area contributed by atoms with Crippen LogP contribution in [0.2, 0.25) is 0 Å². The van der Waals surface area contributed by atoms with Crippen LogP contribution in [-0.4, -0.2) is 97.2 Å². The smallest absolute Gasteiger partial charge is 0.386 e. The van der Waals surface area contributed by atoms with Crippen molar-refractivity contribution in [3.8, 4) is 0 Å². The van der Waals surface area contributed by atoms with Crippen molar-refractivity contribution < 1.29 is 51.6 Å². The predicted octanol–water partition coefficient (Wildman–Crippen LogP) is -0.924. The second-order valence-electron chi connectivity index (χ2n) is 10.5. The molecule has 3 aliphatic rings. The zero-order valence-corrected chi connectivity index (χ0v) is 24.7. The molecule has 7 heterocycles. The average molecular weight is 672 g/mol. The number of imidazole rings is 2. The third-order valence-electron chi connectivity index (χ3n) is 7.49. The van der Waals surface area contributed by atoms with E-state index >= 15 is 0 Å². The molecule has 8 N–H and O–H groups in total. The van der Waals surface area contributed by atoms with Crippen LogP contribution in [0, 0.1) is 0 Å². The molecule has 0 aromatic carbocycles. The molecule has 10 atom stereocenters. The number of aliphatic hydroxyl groups is 1. The molecule has 0 radical (unpaired) electrons. The molecule has 24 heteroatoms. The zero-order valence-electron chi connectivity index (χ0n) is 23.0. The quantitative estimate of drug-likeness (QED) is 0.140. The van der Waals surface area contributed by atoms with Crippen molar-refractivity contribution >= 4 is 49.7 Å². The van der Waals surface area contributed by atoms with E-state index in [1.807, 2.05) is 0 Å². The van der Waals surface area contributed by atoms with E-state index in [1.165, 1.54) is 35.0 Å². The van der Waals surface area contributed by atoms with E-state index in [0.717, 1.165) is 0 Å². The number of anilines is 2. The van der Waals surface area contributed by atoms with Crippen molar-refractivity contribution in [3.05, 3.63) is 29.3 Å². The first-order valence-electron chi connectivity index (χ1n) is 13.3. The molecule has 0 saturated carbocycles. The number of aromatic amines is 1. The highest BCUT2D eigenvalue weighted by Gasteiger charge is 2.54. The van der Waals surface area contributed by atoms with Gasteiger partial charge in [0.15, 0.2) is 35.1 Å². The van der Waals surface area contributed by atoms with Gasteiger partial charge in [-0.3, -0.25) is 37.0 Å². The summed E-state index contributed by atoms with van der Waals surface area (Å²) in [7, 11) is -9.93. The standard InChI is InChI=1S/C21H26N10O12P2/c1-7-13-14(12(32)20(40-13)30-5-26-10-15(22)24-4-25-16(10)30)43-44(34,35)38-3-8-2-9(42-45(36,37)41-7)19(39-8)31-6-27-11-17(31)28-21(23)29-18(11)33/h4-9,12-14,19-20,32H,2-3H2,1H3,(H,34,35)(H,36,37)(H2,22,24,25)(H3,23,28,29,33)/t7-,8-,9+,12+,13-,14-,19+,20+/m0/s1. The first-order chi connectivity index (χ1) is 21.3. The van der Waals surface area contributed by atoms with Gasteiger partial charge in [-0.05, 0) is 6.92 Å². The second-order valence-corrected chi connectivity index (χ2v) is 13.2. The van der Waals surface area contributed by atoms with Crippen LogP contribution in [0.1, 0.15) is 25.8 Å². The zero-order chi connectivity index (χ0) is 31.8. The number of fused-ring (bicyclic) bond motifs is 5. The highest BCUT2D eigenvalue weighted by molar-refractivity contribution is 7.47. The summed E-state index contributed by atoms with van der Waals surface area (Å²) in [4.78, 5) is 56.3.